The molecule has 2 N–H and O–H groups in total. The molecular weight excluding hydrogens is 346 g/mol. The van der Waals surface area contributed by atoms with Gasteiger partial charge in [0.1, 0.15) is 0 Å². The van der Waals surface area contributed by atoms with E-state index in [1.807, 2.05) is 18.2 Å². The molecule has 0 aliphatic carbocycles. The Bertz CT molecular complexity index is 567. The third-order valence-electron chi connectivity index (χ3n) is 4.91. The number of rotatable bonds is 7. The van der Waals surface area contributed by atoms with Gasteiger partial charge >= 0.3 is 0 Å². The summed E-state index contributed by atoms with van der Waals surface area (Å²) in [4.78, 5) is 9.73. The highest BCUT2D eigenvalue weighted by Gasteiger charge is 2.24. The summed E-state index contributed by atoms with van der Waals surface area (Å²) in [6.07, 6.45) is 0. The van der Waals surface area contributed by atoms with Crippen molar-refractivity contribution in [1.82, 2.24) is 20.4 Å². The molecule has 1 fully saturated rings. The van der Waals surface area contributed by atoms with Crippen LogP contribution >= 0.6 is 11.6 Å². The van der Waals surface area contributed by atoms with E-state index in [0.717, 1.165) is 55.8 Å². The van der Waals surface area contributed by atoms with Gasteiger partial charge in [0, 0.05) is 50.3 Å². The summed E-state index contributed by atoms with van der Waals surface area (Å²) in [7, 11) is 2.20. The van der Waals surface area contributed by atoms with E-state index in [-0.39, 0.29) is 0 Å². The monoisotopic (exact) mass is 379 g/mol. The Kier molecular flexibility index (Phi) is 8.69. The van der Waals surface area contributed by atoms with E-state index < -0.39 is 0 Å². The van der Waals surface area contributed by atoms with Gasteiger partial charge in [-0.25, -0.2) is 4.99 Å². The van der Waals surface area contributed by atoms with Crippen molar-refractivity contribution < 1.29 is 0 Å². The van der Waals surface area contributed by atoms with Crippen LogP contribution in [0.4, 0.5) is 0 Å². The molecule has 1 aliphatic heterocycles. The van der Waals surface area contributed by atoms with Crippen LogP contribution in [0.25, 0.3) is 0 Å². The zero-order chi connectivity index (χ0) is 18.9. The molecule has 2 rings (SSSR count). The van der Waals surface area contributed by atoms with Gasteiger partial charge < -0.3 is 15.5 Å². The zero-order valence-electron chi connectivity index (χ0n) is 16.6. The van der Waals surface area contributed by atoms with Gasteiger partial charge in [0.15, 0.2) is 5.96 Å². The molecule has 1 saturated heterocycles. The second-order valence-corrected chi connectivity index (χ2v) is 7.79. The van der Waals surface area contributed by atoms with Crippen LogP contribution in [0.1, 0.15) is 26.3 Å². The van der Waals surface area contributed by atoms with Crippen molar-refractivity contribution >= 4 is 17.6 Å². The second-order valence-electron chi connectivity index (χ2n) is 7.36. The molecule has 0 spiro atoms. The molecule has 0 amide bonds. The van der Waals surface area contributed by atoms with Gasteiger partial charge in [0.05, 0.1) is 6.54 Å². The molecule has 1 aliphatic rings. The number of aliphatic imine (C=N–C) groups is 1. The van der Waals surface area contributed by atoms with Crippen LogP contribution in [-0.2, 0) is 6.54 Å². The van der Waals surface area contributed by atoms with Crippen molar-refractivity contribution in [3.8, 4) is 0 Å². The maximum Gasteiger partial charge on any atom is 0.191 e. The second kappa shape index (κ2) is 10.8. The van der Waals surface area contributed by atoms with Crippen molar-refractivity contribution in [2.75, 3.05) is 46.3 Å². The summed E-state index contributed by atoms with van der Waals surface area (Å²) in [6.45, 7) is 13.6. The normalized spacial score (nSPS) is 18.2. The lowest BCUT2D eigenvalue weighted by molar-refractivity contribution is 0.0900. The standard InChI is InChI=1S/C20H34ClN5/c1-5-22-20(23-14-17-7-6-8-18(21)13-17)24-15-19(16(2)3)26-11-9-25(4)10-12-26/h6-8,13,16,19H,5,9-12,14-15H2,1-4H3,(H2,22,23,24). The first-order valence-corrected chi connectivity index (χ1v) is 10.1. The first-order chi connectivity index (χ1) is 12.5. The summed E-state index contributed by atoms with van der Waals surface area (Å²) >= 11 is 6.07. The van der Waals surface area contributed by atoms with Gasteiger partial charge in [-0.3, -0.25) is 4.90 Å². The van der Waals surface area contributed by atoms with Crippen LogP contribution in [0.3, 0.4) is 0 Å². The number of nitrogens with one attached hydrogen (secondary N) is 2. The summed E-state index contributed by atoms with van der Waals surface area (Å²) in [5, 5.41) is 7.65. The predicted molar refractivity (Wildman–Crippen MR) is 112 cm³/mol. The minimum atomic E-state index is 0.513. The van der Waals surface area contributed by atoms with E-state index in [4.69, 9.17) is 16.6 Å². The third kappa shape index (κ3) is 6.78. The first-order valence-electron chi connectivity index (χ1n) is 9.68. The van der Waals surface area contributed by atoms with Gasteiger partial charge in [0.2, 0.25) is 0 Å². The van der Waals surface area contributed by atoms with Crippen molar-refractivity contribution in [1.29, 1.82) is 0 Å². The molecule has 1 aromatic rings. The maximum absolute atomic E-state index is 6.07. The van der Waals surface area contributed by atoms with Crippen LogP contribution in [0.5, 0.6) is 0 Å². The van der Waals surface area contributed by atoms with E-state index in [2.05, 4.69) is 54.3 Å². The largest absolute Gasteiger partial charge is 0.357 e. The fraction of sp³-hybridized carbons (Fsp3) is 0.650. The van der Waals surface area contributed by atoms with E-state index in [1.54, 1.807) is 0 Å². The molecule has 0 bridgehead atoms. The lowest BCUT2D eigenvalue weighted by Gasteiger charge is -2.40. The molecule has 1 heterocycles. The zero-order valence-corrected chi connectivity index (χ0v) is 17.4. The molecule has 5 nitrogen and oxygen atoms in total. The fourth-order valence-corrected chi connectivity index (χ4v) is 3.50. The maximum atomic E-state index is 6.07. The van der Waals surface area contributed by atoms with E-state index in [9.17, 15) is 0 Å². The molecular formula is C20H34ClN5. The topological polar surface area (TPSA) is 42.9 Å². The molecule has 146 valence electrons. The van der Waals surface area contributed by atoms with E-state index in [1.165, 1.54) is 0 Å². The summed E-state index contributed by atoms with van der Waals surface area (Å²) in [5.41, 5.74) is 1.12. The summed E-state index contributed by atoms with van der Waals surface area (Å²) in [6, 6.07) is 8.39. The number of piperazine rings is 1. The highest BCUT2D eigenvalue weighted by Crippen LogP contribution is 2.13. The van der Waals surface area contributed by atoms with E-state index >= 15 is 0 Å². The summed E-state index contributed by atoms with van der Waals surface area (Å²) < 4.78 is 0. The number of guanidine groups is 1. The van der Waals surface area contributed by atoms with Crippen LogP contribution in [0.15, 0.2) is 29.3 Å². The number of hydrogen-bond donors (Lipinski definition) is 2. The molecule has 1 unspecified atom stereocenters. The molecule has 0 aromatic heterocycles. The van der Waals surface area contributed by atoms with Crippen LogP contribution < -0.4 is 10.6 Å². The number of likely N-dealkylation sites (N-methyl/N-ethyl adjacent to an activating group) is 1. The van der Waals surface area contributed by atoms with Gasteiger partial charge in [-0.15, -0.1) is 0 Å². The van der Waals surface area contributed by atoms with Gasteiger partial charge in [-0.2, -0.15) is 0 Å². The molecule has 1 atom stereocenters. The lowest BCUT2D eigenvalue weighted by atomic mass is 10.0. The Hall–Kier alpha value is -1.30. The number of halogens is 1. The van der Waals surface area contributed by atoms with Crippen LogP contribution in [0, 0.1) is 5.92 Å². The average Bonchev–Trinajstić information content (AvgIpc) is 2.61. The van der Waals surface area contributed by atoms with Crippen molar-refractivity contribution in [3.63, 3.8) is 0 Å². The van der Waals surface area contributed by atoms with Crippen LogP contribution in [0.2, 0.25) is 5.02 Å². The summed E-state index contributed by atoms with van der Waals surface area (Å²) in [5.74, 6) is 1.47. The Balaban J connectivity index is 1.95. The first kappa shape index (κ1) is 21.0. The van der Waals surface area contributed by atoms with Gasteiger partial charge in [-0.05, 0) is 37.6 Å². The Labute approximate surface area is 163 Å². The van der Waals surface area contributed by atoms with E-state index in [0.29, 0.717) is 18.5 Å². The third-order valence-corrected chi connectivity index (χ3v) is 5.14. The highest BCUT2D eigenvalue weighted by atomic mass is 35.5. The average molecular weight is 380 g/mol. The smallest absolute Gasteiger partial charge is 0.191 e. The Morgan fingerprint density at radius 2 is 1.92 bits per heavy atom. The molecule has 0 radical (unpaired) electrons. The van der Waals surface area contributed by atoms with Crippen molar-refractivity contribution in [2.24, 2.45) is 10.9 Å². The fourth-order valence-electron chi connectivity index (χ4n) is 3.29. The number of nitrogens with zero attached hydrogens (tertiary/aromatic N) is 3. The molecule has 1 aromatic carbocycles. The molecule has 6 heteroatoms. The van der Waals surface area contributed by atoms with Gasteiger partial charge in [0.25, 0.3) is 0 Å². The van der Waals surface area contributed by atoms with Crippen molar-refractivity contribution in [3.05, 3.63) is 34.9 Å². The lowest BCUT2D eigenvalue weighted by Crippen LogP contribution is -2.55. The highest BCUT2D eigenvalue weighted by molar-refractivity contribution is 6.30. The molecule has 26 heavy (non-hydrogen) atoms. The SMILES string of the molecule is CCNC(=NCc1cccc(Cl)c1)NCC(C(C)C)N1CCN(C)CC1. The van der Waals surface area contributed by atoms with Gasteiger partial charge in [-0.1, -0.05) is 37.6 Å². The minimum absolute atomic E-state index is 0.513. The number of hydrogen-bond acceptors (Lipinski definition) is 3. The van der Waals surface area contributed by atoms with Crippen molar-refractivity contribution in [2.45, 2.75) is 33.4 Å². The Morgan fingerprint density at radius 3 is 2.54 bits per heavy atom. The number of benzene rings is 1. The molecule has 0 saturated carbocycles. The quantitative estimate of drug-likeness (QED) is 0.564. The predicted octanol–water partition coefficient (Wildman–Crippen LogP) is 2.67. The van der Waals surface area contributed by atoms with Crippen LogP contribution in [-0.4, -0.2) is 68.1 Å². The minimum Gasteiger partial charge on any atom is -0.357 e. The Morgan fingerprint density at radius 1 is 1.19 bits per heavy atom.